The van der Waals surface area contributed by atoms with E-state index in [0.717, 1.165) is 11.3 Å². The number of aryl methyl sites for hydroxylation is 2. The number of amides is 1. The molecule has 1 aromatic carbocycles. The lowest BCUT2D eigenvalue weighted by Crippen LogP contribution is -2.24. The molecule has 2 heterocycles. The normalized spacial score (nSPS) is 12.1. The van der Waals surface area contributed by atoms with Crippen molar-refractivity contribution in [1.29, 1.82) is 0 Å². The van der Waals surface area contributed by atoms with Gasteiger partial charge in [0.1, 0.15) is 17.9 Å². The maximum Gasteiger partial charge on any atom is 0.309 e. The predicted molar refractivity (Wildman–Crippen MR) is 114 cm³/mol. The molecule has 3 aromatic rings. The zero-order chi connectivity index (χ0) is 22.2. The lowest BCUT2D eigenvalue weighted by atomic mass is 10.2. The highest BCUT2D eigenvalue weighted by Gasteiger charge is 2.24. The van der Waals surface area contributed by atoms with Gasteiger partial charge in [0.2, 0.25) is 5.91 Å². The van der Waals surface area contributed by atoms with Crippen LogP contribution in [-0.4, -0.2) is 30.4 Å². The van der Waals surface area contributed by atoms with Crippen molar-refractivity contribution in [2.24, 2.45) is 0 Å². The summed E-state index contributed by atoms with van der Waals surface area (Å²) in [5.41, 5.74) is 2.93. The van der Waals surface area contributed by atoms with Gasteiger partial charge in [0.25, 0.3) is 0 Å². The Bertz CT molecular complexity index is 1140. The number of halogens is 2. The zero-order valence-electron chi connectivity index (χ0n) is 16.8. The predicted octanol–water partition coefficient (Wildman–Crippen LogP) is 4.47. The lowest BCUT2D eigenvalue weighted by Gasteiger charge is -2.13. The Morgan fingerprint density at radius 1 is 1.23 bits per heavy atom. The fourth-order valence-corrected chi connectivity index (χ4v) is 3.51. The number of anilines is 1. The van der Waals surface area contributed by atoms with Gasteiger partial charge in [-0.3, -0.25) is 24.3 Å². The number of rotatable bonds is 6. The molecular formula is C19H20Cl2N6O3. The average Bonchev–Trinajstić information content (AvgIpc) is 3.18. The molecule has 9 nitrogen and oxygen atoms in total. The van der Waals surface area contributed by atoms with Crippen molar-refractivity contribution in [3.05, 3.63) is 67.2 Å². The van der Waals surface area contributed by atoms with Gasteiger partial charge >= 0.3 is 5.69 Å². The fourth-order valence-electron chi connectivity index (χ4n) is 3.04. The molecule has 0 spiro atoms. The van der Waals surface area contributed by atoms with E-state index in [0.29, 0.717) is 28.0 Å². The molecule has 0 bridgehead atoms. The third-order valence-corrected chi connectivity index (χ3v) is 5.42. The van der Waals surface area contributed by atoms with E-state index in [2.05, 4.69) is 15.5 Å². The molecule has 0 radical (unpaired) electrons. The van der Waals surface area contributed by atoms with Crippen molar-refractivity contribution in [3.63, 3.8) is 0 Å². The van der Waals surface area contributed by atoms with E-state index in [-0.39, 0.29) is 17.3 Å². The van der Waals surface area contributed by atoms with Crippen LogP contribution in [0.25, 0.3) is 0 Å². The molecule has 1 amide bonds. The third kappa shape index (κ3) is 4.31. The minimum Gasteiger partial charge on any atom is -0.321 e. The monoisotopic (exact) mass is 450 g/mol. The quantitative estimate of drug-likeness (QED) is 0.440. The highest BCUT2D eigenvalue weighted by Crippen LogP contribution is 2.26. The van der Waals surface area contributed by atoms with Gasteiger partial charge in [0.05, 0.1) is 28.5 Å². The summed E-state index contributed by atoms with van der Waals surface area (Å²) in [5.74, 6) is -0.359. The SMILES string of the molecule is Cc1nn(C(C)C(=O)Nc2c(C)nn(Cc3ccc(Cl)cc3Cl)c2C)cc1[N+](=O)[O-]. The van der Waals surface area contributed by atoms with Crippen LogP contribution in [0.2, 0.25) is 10.0 Å². The van der Waals surface area contributed by atoms with Crippen LogP contribution in [0, 0.1) is 30.9 Å². The summed E-state index contributed by atoms with van der Waals surface area (Å²) in [5, 5.41) is 23.5. The van der Waals surface area contributed by atoms with E-state index in [9.17, 15) is 14.9 Å². The van der Waals surface area contributed by atoms with Crippen molar-refractivity contribution in [1.82, 2.24) is 19.6 Å². The summed E-state index contributed by atoms with van der Waals surface area (Å²) in [6, 6.07) is 4.50. The summed E-state index contributed by atoms with van der Waals surface area (Å²) in [7, 11) is 0. The summed E-state index contributed by atoms with van der Waals surface area (Å²) in [6.07, 6.45) is 1.26. The van der Waals surface area contributed by atoms with E-state index in [1.165, 1.54) is 17.8 Å². The Morgan fingerprint density at radius 3 is 2.53 bits per heavy atom. The first-order valence-corrected chi connectivity index (χ1v) is 9.83. The van der Waals surface area contributed by atoms with E-state index >= 15 is 0 Å². The molecule has 2 aromatic heterocycles. The molecule has 0 fully saturated rings. The number of nitro groups is 1. The Hall–Kier alpha value is -2.91. The minimum atomic E-state index is -0.745. The van der Waals surface area contributed by atoms with Crippen LogP contribution < -0.4 is 5.32 Å². The molecule has 1 N–H and O–H groups in total. The maximum absolute atomic E-state index is 12.8. The largest absolute Gasteiger partial charge is 0.321 e. The summed E-state index contributed by atoms with van der Waals surface area (Å²) in [6.45, 7) is 7.19. The molecule has 0 saturated carbocycles. The number of hydrogen-bond donors (Lipinski definition) is 1. The van der Waals surface area contributed by atoms with Crippen LogP contribution in [0.1, 0.15) is 35.6 Å². The molecule has 158 valence electrons. The molecule has 0 aliphatic rings. The van der Waals surface area contributed by atoms with Crippen molar-refractivity contribution in [2.45, 2.75) is 40.3 Å². The number of carbonyl (C=O) groups excluding carboxylic acids is 1. The number of carbonyl (C=O) groups is 1. The molecule has 0 saturated heterocycles. The number of aromatic nitrogens is 4. The van der Waals surface area contributed by atoms with Crippen molar-refractivity contribution < 1.29 is 9.72 Å². The first-order valence-electron chi connectivity index (χ1n) is 9.07. The molecule has 3 rings (SSSR count). The highest BCUT2D eigenvalue weighted by atomic mass is 35.5. The molecular weight excluding hydrogens is 431 g/mol. The van der Waals surface area contributed by atoms with Gasteiger partial charge in [-0.05, 0) is 45.4 Å². The van der Waals surface area contributed by atoms with Gasteiger partial charge in [0, 0.05) is 10.0 Å². The fraction of sp³-hybridized carbons (Fsp3) is 0.316. The average molecular weight is 451 g/mol. The van der Waals surface area contributed by atoms with Crippen molar-refractivity contribution in [3.8, 4) is 0 Å². The van der Waals surface area contributed by atoms with Gasteiger partial charge in [-0.2, -0.15) is 10.2 Å². The molecule has 1 unspecified atom stereocenters. The second-order valence-corrected chi connectivity index (χ2v) is 7.78. The van der Waals surface area contributed by atoms with Gasteiger partial charge < -0.3 is 5.32 Å². The second kappa shape index (κ2) is 8.45. The van der Waals surface area contributed by atoms with Gasteiger partial charge in [-0.15, -0.1) is 0 Å². The van der Waals surface area contributed by atoms with Gasteiger partial charge in [-0.25, -0.2) is 0 Å². The highest BCUT2D eigenvalue weighted by molar-refractivity contribution is 6.35. The van der Waals surface area contributed by atoms with E-state index in [1.807, 2.05) is 13.0 Å². The number of benzene rings is 1. The Labute approximate surface area is 182 Å². The lowest BCUT2D eigenvalue weighted by molar-refractivity contribution is -0.385. The third-order valence-electron chi connectivity index (χ3n) is 4.83. The minimum absolute atomic E-state index is 0.130. The topological polar surface area (TPSA) is 108 Å². The van der Waals surface area contributed by atoms with Gasteiger partial charge in [0.15, 0.2) is 0 Å². The van der Waals surface area contributed by atoms with Crippen LogP contribution >= 0.6 is 23.2 Å². The van der Waals surface area contributed by atoms with Crippen molar-refractivity contribution >= 4 is 40.5 Å². The summed E-state index contributed by atoms with van der Waals surface area (Å²) < 4.78 is 3.03. The number of nitrogens with one attached hydrogen (secondary N) is 1. The van der Waals surface area contributed by atoms with Crippen LogP contribution in [0.4, 0.5) is 11.4 Å². The van der Waals surface area contributed by atoms with Gasteiger partial charge in [-0.1, -0.05) is 29.3 Å². The van der Waals surface area contributed by atoms with E-state index in [1.54, 1.807) is 30.7 Å². The zero-order valence-corrected chi connectivity index (χ0v) is 18.3. The van der Waals surface area contributed by atoms with E-state index < -0.39 is 11.0 Å². The summed E-state index contributed by atoms with van der Waals surface area (Å²) in [4.78, 5) is 23.3. The van der Waals surface area contributed by atoms with Crippen LogP contribution in [0.15, 0.2) is 24.4 Å². The molecule has 0 aliphatic carbocycles. The molecule has 30 heavy (non-hydrogen) atoms. The Kier molecular flexibility index (Phi) is 6.14. The maximum atomic E-state index is 12.8. The first-order chi connectivity index (χ1) is 14.1. The standard InChI is InChI=1S/C19H20Cl2N6O3/c1-10-17(27(29)30)9-26(23-10)13(4)19(28)22-18-11(2)24-25(12(18)3)8-14-5-6-15(20)7-16(14)21/h5-7,9,13H,8H2,1-4H3,(H,22,28). The van der Waals surface area contributed by atoms with Crippen LogP contribution in [-0.2, 0) is 11.3 Å². The second-order valence-electron chi connectivity index (χ2n) is 6.94. The smallest absolute Gasteiger partial charge is 0.309 e. The number of hydrogen-bond acceptors (Lipinski definition) is 5. The summed E-state index contributed by atoms with van der Waals surface area (Å²) >= 11 is 12.2. The van der Waals surface area contributed by atoms with Crippen molar-refractivity contribution in [2.75, 3.05) is 5.32 Å². The molecule has 0 aliphatic heterocycles. The molecule has 1 atom stereocenters. The Balaban J connectivity index is 1.80. The van der Waals surface area contributed by atoms with Crippen LogP contribution in [0.5, 0.6) is 0 Å². The number of nitrogens with zero attached hydrogens (tertiary/aromatic N) is 5. The Morgan fingerprint density at radius 2 is 1.93 bits per heavy atom. The molecule has 11 heteroatoms. The van der Waals surface area contributed by atoms with E-state index in [4.69, 9.17) is 23.2 Å². The van der Waals surface area contributed by atoms with Crippen LogP contribution in [0.3, 0.4) is 0 Å². The first kappa shape index (κ1) is 21.8.